The highest BCUT2D eigenvalue weighted by Gasteiger charge is 2.31. The molecule has 88 valence electrons. The van der Waals surface area contributed by atoms with Crippen molar-refractivity contribution in [3.05, 3.63) is 23.8 Å². The molecule has 1 saturated heterocycles. The third-order valence-electron chi connectivity index (χ3n) is 3.43. The Morgan fingerprint density at radius 1 is 1.06 bits per heavy atom. The first kappa shape index (κ1) is 10.3. The number of rotatable bonds is 1. The fourth-order valence-electron chi connectivity index (χ4n) is 2.55. The van der Waals surface area contributed by atoms with Crippen LogP contribution in [0.3, 0.4) is 0 Å². The average Bonchev–Trinajstić information content (AvgIpc) is 2.67. The van der Waals surface area contributed by atoms with Gasteiger partial charge in [-0.1, -0.05) is 6.07 Å². The van der Waals surface area contributed by atoms with Gasteiger partial charge in [0.15, 0.2) is 0 Å². The Morgan fingerprint density at radius 3 is 2.59 bits per heavy atom. The molecule has 0 aromatic heterocycles. The first-order valence-electron chi connectivity index (χ1n) is 6.01. The van der Waals surface area contributed by atoms with Gasteiger partial charge in [-0.25, -0.2) is 0 Å². The molecule has 0 atom stereocenters. The number of ketones is 1. The maximum atomic E-state index is 11.6. The molecule has 0 spiro atoms. The van der Waals surface area contributed by atoms with Gasteiger partial charge in [-0.05, 0) is 31.4 Å². The van der Waals surface area contributed by atoms with Crippen molar-refractivity contribution in [3.8, 4) is 0 Å². The number of anilines is 2. The number of piperidine rings is 1. The predicted octanol–water partition coefficient (Wildman–Crippen LogP) is 1.81. The van der Waals surface area contributed by atoms with Crippen molar-refractivity contribution in [1.29, 1.82) is 0 Å². The van der Waals surface area contributed by atoms with Gasteiger partial charge in [-0.15, -0.1) is 0 Å². The zero-order valence-electron chi connectivity index (χ0n) is 9.53. The van der Waals surface area contributed by atoms with Crippen LogP contribution in [-0.2, 0) is 4.79 Å². The highest BCUT2D eigenvalue weighted by atomic mass is 16.2. The summed E-state index contributed by atoms with van der Waals surface area (Å²) >= 11 is 0. The average molecular weight is 230 g/mol. The molecule has 17 heavy (non-hydrogen) atoms. The first-order valence-corrected chi connectivity index (χ1v) is 6.01. The smallest absolute Gasteiger partial charge is 0.296 e. The number of Topliss-reactive ketones (excluding diaryl/α,β-unsaturated/α-hetero) is 1. The Labute approximate surface area is 99.6 Å². The minimum absolute atomic E-state index is 0.418. The van der Waals surface area contributed by atoms with E-state index in [1.165, 1.54) is 19.3 Å². The summed E-state index contributed by atoms with van der Waals surface area (Å²) in [7, 11) is 0. The summed E-state index contributed by atoms with van der Waals surface area (Å²) < 4.78 is 0. The van der Waals surface area contributed by atoms with Crippen molar-refractivity contribution in [1.82, 2.24) is 0 Å². The number of hydrogen-bond acceptors (Lipinski definition) is 3. The van der Waals surface area contributed by atoms with Gasteiger partial charge in [0.05, 0.1) is 16.9 Å². The standard InChI is InChI=1S/C13H14N2O2/c16-12-9-5-4-6-10(11(9)14-13(12)17)15-7-2-1-3-8-15/h4-6H,1-3,7-8H2,(H,14,16,17). The number of amides is 1. The summed E-state index contributed by atoms with van der Waals surface area (Å²) in [6, 6.07) is 5.53. The van der Waals surface area contributed by atoms with Gasteiger partial charge in [0.2, 0.25) is 0 Å². The molecule has 2 aliphatic heterocycles. The van der Waals surface area contributed by atoms with E-state index in [9.17, 15) is 9.59 Å². The van der Waals surface area contributed by atoms with Crippen molar-refractivity contribution in [2.45, 2.75) is 19.3 Å². The lowest BCUT2D eigenvalue weighted by Gasteiger charge is -2.30. The zero-order valence-corrected chi connectivity index (χ0v) is 9.53. The molecule has 3 rings (SSSR count). The lowest BCUT2D eigenvalue weighted by atomic mass is 10.1. The lowest BCUT2D eigenvalue weighted by Crippen LogP contribution is -2.29. The minimum Gasteiger partial charge on any atom is -0.370 e. The Bertz CT molecular complexity index is 490. The van der Waals surface area contributed by atoms with Gasteiger partial charge in [-0.3, -0.25) is 9.59 Å². The summed E-state index contributed by atoms with van der Waals surface area (Å²) in [6.07, 6.45) is 3.61. The van der Waals surface area contributed by atoms with E-state index in [1.807, 2.05) is 12.1 Å². The number of carbonyl (C=O) groups excluding carboxylic acids is 2. The molecule has 0 bridgehead atoms. The van der Waals surface area contributed by atoms with Crippen molar-refractivity contribution < 1.29 is 9.59 Å². The molecule has 2 heterocycles. The molecule has 1 aromatic rings. The van der Waals surface area contributed by atoms with Gasteiger partial charge in [-0.2, -0.15) is 0 Å². The summed E-state index contributed by atoms with van der Waals surface area (Å²) in [5.41, 5.74) is 2.20. The van der Waals surface area contributed by atoms with E-state index in [1.54, 1.807) is 6.07 Å². The highest BCUT2D eigenvalue weighted by molar-refractivity contribution is 6.52. The number of carbonyl (C=O) groups is 2. The van der Waals surface area contributed by atoms with E-state index in [0.717, 1.165) is 18.8 Å². The molecule has 1 fully saturated rings. The molecule has 1 amide bonds. The van der Waals surface area contributed by atoms with E-state index in [0.29, 0.717) is 11.3 Å². The van der Waals surface area contributed by atoms with Crippen LogP contribution in [0, 0.1) is 0 Å². The summed E-state index contributed by atoms with van der Waals surface area (Å²) in [5.74, 6) is -0.927. The summed E-state index contributed by atoms with van der Waals surface area (Å²) in [4.78, 5) is 25.2. The fraction of sp³-hybridized carbons (Fsp3) is 0.385. The van der Waals surface area contributed by atoms with Crippen LogP contribution < -0.4 is 10.2 Å². The zero-order chi connectivity index (χ0) is 11.8. The third kappa shape index (κ3) is 1.60. The number of nitrogens with zero attached hydrogens (tertiary/aromatic N) is 1. The molecule has 4 nitrogen and oxygen atoms in total. The van der Waals surface area contributed by atoms with Crippen LogP contribution >= 0.6 is 0 Å². The molecule has 2 aliphatic rings. The maximum absolute atomic E-state index is 11.6. The van der Waals surface area contributed by atoms with Gasteiger partial charge in [0.25, 0.3) is 11.7 Å². The van der Waals surface area contributed by atoms with Crippen molar-refractivity contribution in [3.63, 3.8) is 0 Å². The Balaban J connectivity index is 2.02. The number of fused-ring (bicyclic) bond motifs is 1. The van der Waals surface area contributed by atoms with Crippen molar-refractivity contribution in [2.75, 3.05) is 23.3 Å². The number of nitrogens with one attached hydrogen (secondary N) is 1. The second kappa shape index (κ2) is 3.87. The van der Waals surface area contributed by atoms with Gasteiger partial charge in [0, 0.05) is 13.1 Å². The van der Waals surface area contributed by atoms with Crippen LogP contribution in [0.4, 0.5) is 11.4 Å². The quantitative estimate of drug-likeness (QED) is 0.748. The Morgan fingerprint density at radius 2 is 1.82 bits per heavy atom. The van der Waals surface area contributed by atoms with E-state index in [-0.39, 0.29) is 0 Å². The van der Waals surface area contributed by atoms with Crippen LogP contribution in [0.2, 0.25) is 0 Å². The van der Waals surface area contributed by atoms with Gasteiger partial charge >= 0.3 is 0 Å². The Kier molecular flexibility index (Phi) is 2.35. The predicted molar refractivity (Wildman–Crippen MR) is 65.5 cm³/mol. The van der Waals surface area contributed by atoms with E-state index < -0.39 is 11.7 Å². The summed E-state index contributed by atoms with van der Waals surface area (Å²) in [5, 5.41) is 2.68. The summed E-state index contributed by atoms with van der Waals surface area (Å²) in [6.45, 7) is 2.00. The van der Waals surface area contributed by atoms with Crippen LogP contribution in [0.25, 0.3) is 0 Å². The monoisotopic (exact) mass is 230 g/mol. The molecule has 0 aliphatic carbocycles. The van der Waals surface area contributed by atoms with Crippen LogP contribution in [0.15, 0.2) is 18.2 Å². The third-order valence-corrected chi connectivity index (χ3v) is 3.43. The molecule has 0 saturated carbocycles. The van der Waals surface area contributed by atoms with Crippen LogP contribution in [0.1, 0.15) is 29.6 Å². The number of hydrogen-bond donors (Lipinski definition) is 1. The van der Waals surface area contributed by atoms with E-state index in [4.69, 9.17) is 0 Å². The Hall–Kier alpha value is -1.84. The van der Waals surface area contributed by atoms with Crippen molar-refractivity contribution >= 4 is 23.1 Å². The molecule has 1 N–H and O–H groups in total. The second-order valence-electron chi connectivity index (χ2n) is 4.53. The van der Waals surface area contributed by atoms with Crippen LogP contribution in [0.5, 0.6) is 0 Å². The van der Waals surface area contributed by atoms with Gasteiger partial charge in [0.1, 0.15) is 0 Å². The van der Waals surface area contributed by atoms with E-state index in [2.05, 4.69) is 10.2 Å². The fourth-order valence-corrected chi connectivity index (χ4v) is 2.55. The maximum Gasteiger partial charge on any atom is 0.296 e. The largest absolute Gasteiger partial charge is 0.370 e. The SMILES string of the molecule is O=C1Nc2c(cccc2N2CCCCC2)C1=O. The second-order valence-corrected chi connectivity index (χ2v) is 4.53. The molecule has 4 heteroatoms. The first-order chi connectivity index (χ1) is 8.27. The normalized spacial score (nSPS) is 19.2. The molecular weight excluding hydrogens is 216 g/mol. The molecule has 1 aromatic carbocycles. The lowest BCUT2D eigenvalue weighted by molar-refractivity contribution is -0.112. The molecular formula is C13H14N2O2. The highest BCUT2D eigenvalue weighted by Crippen LogP contribution is 2.35. The van der Waals surface area contributed by atoms with Crippen LogP contribution in [-0.4, -0.2) is 24.8 Å². The molecule has 0 radical (unpaired) electrons. The number of para-hydroxylation sites is 1. The van der Waals surface area contributed by atoms with E-state index >= 15 is 0 Å². The number of benzene rings is 1. The molecule has 0 unspecified atom stereocenters. The topological polar surface area (TPSA) is 49.4 Å². The minimum atomic E-state index is -0.510. The van der Waals surface area contributed by atoms with Gasteiger partial charge < -0.3 is 10.2 Å². The van der Waals surface area contributed by atoms with Crippen molar-refractivity contribution in [2.24, 2.45) is 0 Å².